The highest BCUT2D eigenvalue weighted by Crippen LogP contribution is 2.05. The van der Waals surface area contributed by atoms with Crippen LogP contribution < -0.4 is 12.3 Å². The molecule has 0 saturated heterocycles. The summed E-state index contributed by atoms with van der Waals surface area (Å²) in [5.41, 5.74) is 0. The topological polar surface area (TPSA) is 124 Å². The van der Waals surface area contributed by atoms with Gasteiger partial charge in [-0.1, -0.05) is 18.2 Å². The summed E-state index contributed by atoms with van der Waals surface area (Å²) in [4.78, 5) is -0.0741. The van der Waals surface area contributed by atoms with Crippen LogP contribution in [0, 0.1) is 0 Å². The Morgan fingerprint density at radius 2 is 1.42 bits per heavy atom. The van der Waals surface area contributed by atoms with Gasteiger partial charge >= 0.3 is 0 Å². The molecule has 0 spiro atoms. The minimum atomic E-state index is -4.00. The first-order valence-corrected chi connectivity index (χ1v) is 4.07. The summed E-state index contributed by atoms with van der Waals surface area (Å²) in [7, 11) is -4.00. The lowest BCUT2D eigenvalue weighted by Gasteiger charge is -1.92. The highest BCUT2D eigenvalue weighted by atomic mass is 32.2. The smallest absolute Gasteiger partial charge is 0.294 e. The fourth-order valence-electron chi connectivity index (χ4n) is 0.592. The molecule has 1 rings (SSSR count). The highest BCUT2D eigenvalue weighted by molar-refractivity contribution is 7.85. The summed E-state index contributed by atoms with van der Waals surface area (Å²) in [5.74, 6) is 0. The average Bonchev–Trinajstić information content (AvgIpc) is 1.88. The van der Waals surface area contributed by atoms with Gasteiger partial charge in [-0.15, -0.1) is 0 Å². The van der Waals surface area contributed by atoms with E-state index in [1.165, 1.54) is 12.1 Å². The maximum absolute atomic E-state index is 10.4. The summed E-state index contributed by atoms with van der Waals surface area (Å²) < 4.78 is 29.2. The molecule has 0 aliphatic carbocycles. The molecule has 0 radical (unpaired) electrons. The predicted octanol–water partition coefficient (Wildman–Crippen LogP) is 1.26. The zero-order valence-electron chi connectivity index (χ0n) is 6.47. The second-order valence-corrected chi connectivity index (χ2v) is 3.21. The monoisotopic (exact) mass is 192 g/mol. The van der Waals surface area contributed by atoms with Crippen LogP contribution in [-0.4, -0.2) is 13.0 Å². The average molecular weight is 192 g/mol. The van der Waals surface area contributed by atoms with Gasteiger partial charge in [0.1, 0.15) is 0 Å². The molecule has 0 heterocycles. The minimum absolute atomic E-state index is 0. The van der Waals surface area contributed by atoms with Gasteiger partial charge in [0.15, 0.2) is 0 Å². The second-order valence-electron chi connectivity index (χ2n) is 1.79. The molecular weight excluding hydrogens is 180 g/mol. The summed E-state index contributed by atoms with van der Waals surface area (Å²) >= 11 is 0. The molecule has 0 atom stereocenters. The van der Waals surface area contributed by atoms with Crippen molar-refractivity contribution in [3.05, 3.63) is 30.3 Å². The van der Waals surface area contributed by atoms with Gasteiger partial charge in [0.25, 0.3) is 10.1 Å². The van der Waals surface area contributed by atoms with E-state index in [0.29, 0.717) is 0 Å². The highest BCUT2D eigenvalue weighted by Gasteiger charge is 2.05. The number of benzene rings is 1. The summed E-state index contributed by atoms with van der Waals surface area (Å²) in [6, 6.07) is 7.42. The molecule has 0 saturated carbocycles. The van der Waals surface area contributed by atoms with E-state index in [2.05, 4.69) is 0 Å². The molecule has 0 amide bonds. The van der Waals surface area contributed by atoms with E-state index >= 15 is 0 Å². The van der Waals surface area contributed by atoms with Crippen LogP contribution in [0.2, 0.25) is 0 Å². The van der Waals surface area contributed by atoms with Crippen LogP contribution in [0.3, 0.4) is 0 Å². The van der Waals surface area contributed by atoms with Crippen molar-refractivity contribution in [3.8, 4) is 0 Å². The van der Waals surface area contributed by atoms with Crippen molar-refractivity contribution < 1.29 is 13.0 Å². The van der Waals surface area contributed by atoms with Gasteiger partial charge in [-0.3, -0.25) is 4.55 Å². The molecule has 0 aliphatic rings. The van der Waals surface area contributed by atoms with Gasteiger partial charge < -0.3 is 12.3 Å². The van der Waals surface area contributed by atoms with Crippen LogP contribution in [0.25, 0.3) is 0 Å². The normalized spacial score (nSPS) is 9.42. The van der Waals surface area contributed by atoms with Gasteiger partial charge in [0, 0.05) is 0 Å². The quantitative estimate of drug-likeness (QED) is 0.577. The zero-order valence-corrected chi connectivity index (χ0v) is 7.29. The van der Waals surface area contributed by atoms with E-state index in [9.17, 15) is 8.42 Å². The van der Waals surface area contributed by atoms with Gasteiger partial charge in [-0.25, -0.2) is 0 Å². The lowest BCUT2D eigenvalue weighted by atomic mass is 10.4. The third-order valence-corrected chi connectivity index (χ3v) is 1.91. The molecule has 0 aliphatic heterocycles. The van der Waals surface area contributed by atoms with Crippen molar-refractivity contribution in [2.24, 2.45) is 0 Å². The minimum Gasteiger partial charge on any atom is -0.344 e. The lowest BCUT2D eigenvalue weighted by Crippen LogP contribution is -1.96. The van der Waals surface area contributed by atoms with Crippen molar-refractivity contribution >= 4 is 10.1 Å². The Morgan fingerprint density at radius 3 is 1.67 bits per heavy atom. The molecule has 0 fully saturated rings. The first-order valence-electron chi connectivity index (χ1n) is 2.63. The lowest BCUT2D eigenvalue weighted by molar-refractivity contribution is 0.483. The molecule has 0 aromatic heterocycles. The van der Waals surface area contributed by atoms with Gasteiger partial charge in [0.05, 0.1) is 4.90 Å². The molecule has 70 valence electrons. The molecule has 0 bridgehead atoms. The van der Waals surface area contributed by atoms with E-state index in [1.54, 1.807) is 18.2 Å². The summed E-state index contributed by atoms with van der Waals surface area (Å²) in [6.45, 7) is 0. The van der Waals surface area contributed by atoms with Gasteiger partial charge in [-0.2, -0.15) is 8.42 Å². The Bertz CT molecular complexity index is 309. The maximum atomic E-state index is 10.4. The van der Waals surface area contributed by atoms with E-state index in [1.807, 2.05) is 0 Å². The van der Waals surface area contributed by atoms with Crippen LogP contribution in [0.5, 0.6) is 0 Å². The third-order valence-electron chi connectivity index (χ3n) is 1.04. The second kappa shape index (κ2) is 4.83. The Labute approximate surface area is 71.3 Å². The van der Waals surface area contributed by atoms with Crippen molar-refractivity contribution in [2.75, 3.05) is 0 Å². The Balaban J connectivity index is 0. The number of hydrogen-bond donors (Lipinski definition) is 3. The van der Waals surface area contributed by atoms with Crippen molar-refractivity contribution in [2.45, 2.75) is 4.90 Å². The van der Waals surface area contributed by atoms with Crippen LogP contribution in [-0.2, 0) is 10.1 Å². The van der Waals surface area contributed by atoms with E-state index in [4.69, 9.17) is 4.55 Å². The van der Waals surface area contributed by atoms with Crippen molar-refractivity contribution in [3.63, 3.8) is 0 Å². The maximum Gasteiger partial charge on any atom is 0.294 e. The van der Waals surface area contributed by atoms with Crippen LogP contribution in [0.15, 0.2) is 35.2 Å². The molecule has 12 heavy (non-hydrogen) atoms. The van der Waals surface area contributed by atoms with Gasteiger partial charge in [0.2, 0.25) is 0 Å². The Kier molecular flexibility index (Phi) is 5.49. The molecule has 6 heteroatoms. The van der Waals surface area contributed by atoms with Gasteiger partial charge in [-0.05, 0) is 12.1 Å². The fraction of sp³-hybridized carbons (Fsp3) is 0. The van der Waals surface area contributed by atoms with E-state index in [-0.39, 0.29) is 17.2 Å². The molecular formula is C6H12N2O3S. The SMILES string of the molecule is N.N.O=S(=O)(O)c1ccccc1. The van der Waals surface area contributed by atoms with Crippen LogP contribution in [0.1, 0.15) is 0 Å². The molecule has 1 aromatic rings. The number of hydrogen-bond acceptors (Lipinski definition) is 4. The Morgan fingerprint density at radius 1 is 1.00 bits per heavy atom. The molecule has 7 N–H and O–H groups in total. The van der Waals surface area contributed by atoms with Crippen LogP contribution in [0.4, 0.5) is 0 Å². The first kappa shape index (κ1) is 13.6. The van der Waals surface area contributed by atoms with E-state index < -0.39 is 10.1 Å². The standard InChI is InChI=1S/C6H6O3S.2H3N/c7-10(8,9)6-4-2-1-3-5-6;;/h1-5H,(H,7,8,9);2*1H3. The molecule has 1 aromatic carbocycles. The Hall–Kier alpha value is -0.950. The zero-order chi connectivity index (χ0) is 7.61. The molecule has 0 unspecified atom stereocenters. The summed E-state index contributed by atoms with van der Waals surface area (Å²) in [6.07, 6.45) is 0. The van der Waals surface area contributed by atoms with Crippen molar-refractivity contribution in [1.29, 1.82) is 0 Å². The van der Waals surface area contributed by atoms with Crippen molar-refractivity contribution in [1.82, 2.24) is 12.3 Å². The van der Waals surface area contributed by atoms with Crippen LogP contribution >= 0.6 is 0 Å². The molecule has 5 nitrogen and oxygen atoms in total. The summed E-state index contributed by atoms with van der Waals surface area (Å²) in [5, 5.41) is 0. The van der Waals surface area contributed by atoms with E-state index in [0.717, 1.165) is 0 Å². The first-order chi connectivity index (χ1) is 4.61. The third kappa shape index (κ3) is 3.44. The predicted molar refractivity (Wildman–Crippen MR) is 46.3 cm³/mol. The largest absolute Gasteiger partial charge is 0.344 e. The fourth-order valence-corrected chi connectivity index (χ4v) is 1.09. The number of rotatable bonds is 1.